The summed E-state index contributed by atoms with van der Waals surface area (Å²) in [5.41, 5.74) is 10.9. The summed E-state index contributed by atoms with van der Waals surface area (Å²) in [6, 6.07) is 3.91. The van der Waals surface area contributed by atoms with Gasteiger partial charge in [-0.15, -0.1) is 0 Å². The molecule has 0 amide bonds. The zero-order valence-corrected chi connectivity index (χ0v) is 10.9. The predicted octanol–water partition coefficient (Wildman–Crippen LogP) is -0.0761. The van der Waals surface area contributed by atoms with Crippen molar-refractivity contribution >= 4 is 17.7 Å². The Hall–Kier alpha value is -2.25. The van der Waals surface area contributed by atoms with E-state index in [9.17, 15) is 14.4 Å². The van der Waals surface area contributed by atoms with E-state index in [1.807, 2.05) is 0 Å². The normalized spacial score (nSPS) is 13.3. The first kappa shape index (κ1) is 15.8. The topological polar surface area (TPSA) is 133 Å². The molecule has 0 saturated carbocycles. The Morgan fingerprint density at radius 2 is 1.85 bits per heavy atom. The summed E-state index contributed by atoms with van der Waals surface area (Å²) in [6.07, 6.45) is -0.506. The Bertz CT molecular complexity index is 527. The zero-order valence-electron chi connectivity index (χ0n) is 10.9. The second kappa shape index (κ2) is 6.78. The van der Waals surface area contributed by atoms with Crippen molar-refractivity contribution < 1.29 is 24.2 Å². The fourth-order valence-corrected chi connectivity index (χ4v) is 1.44. The third-order valence-electron chi connectivity index (χ3n) is 2.47. The number of carboxylic acids is 1. The molecule has 1 aromatic rings. The van der Waals surface area contributed by atoms with Crippen LogP contribution in [0.5, 0.6) is 5.75 Å². The average Bonchev–Trinajstić information content (AvgIpc) is 2.37. The molecule has 0 aliphatic heterocycles. The lowest BCUT2D eigenvalue weighted by Crippen LogP contribution is -2.34. The van der Waals surface area contributed by atoms with Crippen LogP contribution in [-0.4, -0.2) is 34.9 Å². The van der Waals surface area contributed by atoms with Gasteiger partial charge in [0.2, 0.25) is 0 Å². The number of benzene rings is 1. The zero-order chi connectivity index (χ0) is 15.3. The van der Waals surface area contributed by atoms with Crippen LogP contribution in [0.1, 0.15) is 23.7 Å². The van der Waals surface area contributed by atoms with E-state index in [1.54, 1.807) is 12.1 Å². The van der Waals surface area contributed by atoms with Gasteiger partial charge in [-0.25, -0.2) is 4.79 Å². The SMILES string of the molecule is C[C@H](N)C(=O)Oc1ccccc1C(=O)[C@@H](N)CC(=O)O. The number of nitrogens with two attached hydrogens (primary N) is 2. The lowest BCUT2D eigenvalue weighted by Gasteiger charge is -2.13. The van der Waals surface area contributed by atoms with E-state index in [4.69, 9.17) is 21.3 Å². The van der Waals surface area contributed by atoms with Crippen LogP contribution in [0, 0.1) is 0 Å². The molecule has 0 aliphatic carbocycles. The molecule has 0 spiro atoms. The van der Waals surface area contributed by atoms with E-state index in [-0.39, 0.29) is 11.3 Å². The van der Waals surface area contributed by atoms with E-state index in [2.05, 4.69) is 0 Å². The van der Waals surface area contributed by atoms with Crippen molar-refractivity contribution in [3.05, 3.63) is 29.8 Å². The highest BCUT2D eigenvalue weighted by molar-refractivity contribution is 6.04. The van der Waals surface area contributed by atoms with Crippen molar-refractivity contribution in [2.24, 2.45) is 11.5 Å². The number of hydrogen-bond donors (Lipinski definition) is 3. The molecule has 0 radical (unpaired) electrons. The van der Waals surface area contributed by atoms with E-state index in [1.165, 1.54) is 19.1 Å². The van der Waals surface area contributed by atoms with Gasteiger partial charge in [-0.1, -0.05) is 12.1 Å². The van der Waals surface area contributed by atoms with Crippen LogP contribution in [0.4, 0.5) is 0 Å². The van der Waals surface area contributed by atoms with Gasteiger partial charge in [-0.3, -0.25) is 9.59 Å². The van der Waals surface area contributed by atoms with E-state index < -0.39 is 36.2 Å². The molecule has 0 fully saturated rings. The monoisotopic (exact) mass is 280 g/mol. The van der Waals surface area contributed by atoms with Crippen molar-refractivity contribution in [1.82, 2.24) is 0 Å². The smallest absolute Gasteiger partial charge is 0.328 e. The summed E-state index contributed by atoms with van der Waals surface area (Å²) < 4.78 is 5.00. The lowest BCUT2D eigenvalue weighted by molar-refractivity contribution is -0.137. The standard InChI is InChI=1S/C13H16N2O5/c1-7(14)13(19)20-10-5-3-2-4-8(10)12(18)9(15)6-11(16)17/h2-5,7,9H,6,14-15H2,1H3,(H,16,17)/t7-,9-/m0/s1. The number of carbonyl (C=O) groups is 3. The fraction of sp³-hybridized carbons (Fsp3) is 0.308. The molecule has 0 saturated heterocycles. The molecule has 0 unspecified atom stereocenters. The van der Waals surface area contributed by atoms with Gasteiger partial charge in [0.1, 0.15) is 11.8 Å². The number of ether oxygens (including phenoxy) is 1. The van der Waals surface area contributed by atoms with Gasteiger partial charge in [0.25, 0.3) is 0 Å². The second-order valence-corrected chi connectivity index (χ2v) is 4.27. The minimum Gasteiger partial charge on any atom is -0.481 e. The molecule has 0 heterocycles. The number of aliphatic carboxylic acids is 1. The number of carboxylic acid groups (broad SMARTS) is 1. The number of para-hydroxylation sites is 1. The molecule has 0 aromatic heterocycles. The highest BCUT2D eigenvalue weighted by Crippen LogP contribution is 2.20. The number of carbonyl (C=O) groups excluding carboxylic acids is 2. The van der Waals surface area contributed by atoms with Gasteiger partial charge >= 0.3 is 11.9 Å². The maximum atomic E-state index is 12.0. The lowest BCUT2D eigenvalue weighted by atomic mass is 10.0. The molecule has 1 rings (SSSR count). The van der Waals surface area contributed by atoms with E-state index in [0.717, 1.165) is 0 Å². The minimum atomic E-state index is -1.21. The molecule has 0 bridgehead atoms. The summed E-state index contributed by atoms with van der Waals surface area (Å²) in [5.74, 6) is -2.48. The van der Waals surface area contributed by atoms with Crippen LogP contribution in [0.3, 0.4) is 0 Å². The molecule has 7 nitrogen and oxygen atoms in total. The minimum absolute atomic E-state index is 0.0145. The van der Waals surface area contributed by atoms with Crippen LogP contribution in [0.25, 0.3) is 0 Å². The number of esters is 1. The molecule has 1 aromatic carbocycles. The molecule has 2 atom stereocenters. The summed E-state index contributed by atoms with van der Waals surface area (Å²) in [5, 5.41) is 8.63. The van der Waals surface area contributed by atoms with E-state index >= 15 is 0 Å². The Morgan fingerprint density at radius 3 is 2.40 bits per heavy atom. The van der Waals surface area contributed by atoms with E-state index in [0.29, 0.717) is 0 Å². The number of Topliss-reactive ketones (excluding diaryl/α,β-unsaturated/α-hetero) is 1. The third kappa shape index (κ3) is 4.15. The highest BCUT2D eigenvalue weighted by atomic mass is 16.5. The van der Waals surface area contributed by atoms with Gasteiger partial charge in [0.05, 0.1) is 18.0 Å². The Morgan fingerprint density at radius 1 is 1.25 bits per heavy atom. The average molecular weight is 280 g/mol. The van der Waals surface area contributed by atoms with Crippen molar-refractivity contribution in [1.29, 1.82) is 0 Å². The maximum absolute atomic E-state index is 12.0. The van der Waals surface area contributed by atoms with Crippen molar-refractivity contribution in [2.75, 3.05) is 0 Å². The van der Waals surface area contributed by atoms with Gasteiger partial charge in [-0.2, -0.15) is 0 Å². The molecule has 5 N–H and O–H groups in total. The maximum Gasteiger partial charge on any atom is 0.328 e. The number of hydrogen-bond acceptors (Lipinski definition) is 6. The first-order valence-corrected chi connectivity index (χ1v) is 5.90. The Balaban J connectivity index is 2.98. The van der Waals surface area contributed by atoms with Gasteiger partial charge in [0.15, 0.2) is 5.78 Å². The molecule has 7 heteroatoms. The van der Waals surface area contributed by atoms with Gasteiger partial charge < -0.3 is 21.3 Å². The second-order valence-electron chi connectivity index (χ2n) is 4.27. The predicted molar refractivity (Wildman–Crippen MR) is 70.3 cm³/mol. The largest absolute Gasteiger partial charge is 0.481 e. The van der Waals surface area contributed by atoms with Gasteiger partial charge in [0, 0.05) is 0 Å². The number of ketones is 1. The van der Waals surface area contributed by atoms with Crippen molar-refractivity contribution in [3.63, 3.8) is 0 Å². The first-order chi connectivity index (χ1) is 9.32. The fourth-order valence-electron chi connectivity index (χ4n) is 1.44. The van der Waals surface area contributed by atoms with Crippen LogP contribution >= 0.6 is 0 Å². The van der Waals surface area contributed by atoms with Gasteiger partial charge in [-0.05, 0) is 19.1 Å². The van der Waals surface area contributed by atoms with Crippen LogP contribution in [0.15, 0.2) is 24.3 Å². The van der Waals surface area contributed by atoms with Crippen LogP contribution in [-0.2, 0) is 9.59 Å². The molecule has 0 aliphatic rings. The summed E-state index contributed by atoms with van der Waals surface area (Å²) >= 11 is 0. The van der Waals surface area contributed by atoms with Crippen LogP contribution < -0.4 is 16.2 Å². The molecule has 108 valence electrons. The number of rotatable bonds is 6. The molecular weight excluding hydrogens is 264 g/mol. The summed E-state index contributed by atoms with van der Waals surface area (Å²) in [4.78, 5) is 34.1. The quantitative estimate of drug-likeness (QED) is 0.377. The molecule has 20 heavy (non-hydrogen) atoms. The Kier molecular flexibility index (Phi) is 5.36. The highest BCUT2D eigenvalue weighted by Gasteiger charge is 2.23. The first-order valence-electron chi connectivity index (χ1n) is 5.90. The van der Waals surface area contributed by atoms with Crippen molar-refractivity contribution in [3.8, 4) is 5.75 Å². The van der Waals surface area contributed by atoms with Crippen LogP contribution in [0.2, 0.25) is 0 Å². The Labute approximate surface area is 115 Å². The third-order valence-corrected chi connectivity index (χ3v) is 2.47. The molecular formula is C13H16N2O5. The summed E-state index contributed by atoms with van der Waals surface area (Å²) in [7, 11) is 0. The van der Waals surface area contributed by atoms with Crippen molar-refractivity contribution in [2.45, 2.75) is 25.4 Å². The summed E-state index contributed by atoms with van der Waals surface area (Å²) in [6.45, 7) is 1.45.